The van der Waals surface area contributed by atoms with Gasteiger partial charge in [0.25, 0.3) is 5.91 Å². The Labute approximate surface area is 122 Å². The van der Waals surface area contributed by atoms with Gasteiger partial charge in [-0.3, -0.25) is 15.2 Å². The summed E-state index contributed by atoms with van der Waals surface area (Å²) in [7, 11) is 3.18. The summed E-state index contributed by atoms with van der Waals surface area (Å²) in [5, 5.41) is 0. The lowest BCUT2D eigenvalue weighted by atomic mass is 10.1. The lowest BCUT2D eigenvalue weighted by Gasteiger charge is -2.11. The first-order chi connectivity index (χ1) is 10.1. The van der Waals surface area contributed by atoms with E-state index in [1.54, 1.807) is 39.3 Å². The van der Waals surface area contributed by atoms with Crippen LogP contribution in [-0.2, 0) is 0 Å². The summed E-state index contributed by atoms with van der Waals surface area (Å²) in [6.45, 7) is 1.75. The van der Waals surface area contributed by atoms with Gasteiger partial charge in [-0.15, -0.1) is 0 Å². The molecule has 0 atom stereocenters. The Morgan fingerprint density at radius 2 is 1.95 bits per heavy atom. The lowest BCUT2D eigenvalue weighted by molar-refractivity contribution is 0.0952. The number of hydrazine groups is 1. The molecular formula is C15H17N3O3. The van der Waals surface area contributed by atoms with Crippen LogP contribution in [0.1, 0.15) is 16.1 Å². The Hall–Kier alpha value is -2.60. The van der Waals surface area contributed by atoms with E-state index in [0.717, 1.165) is 5.56 Å². The zero-order chi connectivity index (χ0) is 15.4. The van der Waals surface area contributed by atoms with E-state index in [1.165, 1.54) is 0 Å². The first kappa shape index (κ1) is 14.8. The topological polar surface area (TPSA) is 86.5 Å². The molecule has 0 radical (unpaired) electrons. The van der Waals surface area contributed by atoms with Gasteiger partial charge in [-0.2, -0.15) is 0 Å². The van der Waals surface area contributed by atoms with E-state index in [-0.39, 0.29) is 5.91 Å². The molecule has 1 aromatic heterocycles. The Balaban J connectivity index is 2.47. The molecule has 2 aromatic rings. The molecule has 0 bridgehead atoms. The van der Waals surface area contributed by atoms with E-state index in [0.29, 0.717) is 28.5 Å². The molecule has 0 fully saturated rings. The third-order valence-corrected chi connectivity index (χ3v) is 3.15. The molecule has 0 aliphatic carbocycles. The molecule has 0 aliphatic rings. The molecule has 110 valence electrons. The number of aromatic nitrogens is 1. The maximum Gasteiger partial charge on any atom is 0.267 e. The molecule has 0 spiro atoms. The van der Waals surface area contributed by atoms with Crippen LogP contribution >= 0.6 is 0 Å². The predicted molar refractivity (Wildman–Crippen MR) is 79.2 cm³/mol. The van der Waals surface area contributed by atoms with Gasteiger partial charge in [0.1, 0.15) is 11.5 Å². The Morgan fingerprint density at radius 3 is 2.52 bits per heavy atom. The van der Waals surface area contributed by atoms with E-state index in [1.807, 2.05) is 12.1 Å². The van der Waals surface area contributed by atoms with Crippen molar-refractivity contribution in [3.63, 3.8) is 0 Å². The second-order valence-electron chi connectivity index (χ2n) is 4.37. The fraction of sp³-hybridized carbons (Fsp3) is 0.200. The molecule has 0 unspecified atom stereocenters. The molecule has 6 nitrogen and oxygen atoms in total. The zero-order valence-corrected chi connectivity index (χ0v) is 12.1. The quantitative estimate of drug-likeness (QED) is 0.507. The van der Waals surface area contributed by atoms with Gasteiger partial charge < -0.3 is 9.47 Å². The number of carbonyl (C=O) groups is 1. The van der Waals surface area contributed by atoms with Crippen molar-refractivity contribution in [2.24, 2.45) is 5.84 Å². The number of carbonyl (C=O) groups excluding carboxylic acids is 1. The highest BCUT2D eigenvalue weighted by Crippen LogP contribution is 2.32. The van der Waals surface area contributed by atoms with Crippen LogP contribution in [0, 0.1) is 6.92 Å². The van der Waals surface area contributed by atoms with Crippen LogP contribution in [0.5, 0.6) is 11.5 Å². The minimum Gasteiger partial charge on any atom is -0.497 e. The molecule has 21 heavy (non-hydrogen) atoms. The van der Waals surface area contributed by atoms with Crippen molar-refractivity contribution in [3.8, 4) is 22.8 Å². The van der Waals surface area contributed by atoms with E-state index in [4.69, 9.17) is 15.3 Å². The number of nitrogens with one attached hydrogen (secondary N) is 1. The third kappa shape index (κ3) is 2.95. The van der Waals surface area contributed by atoms with Gasteiger partial charge in [0.15, 0.2) is 0 Å². The van der Waals surface area contributed by atoms with Crippen molar-refractivity contribution in [2.75, 3.05) is 14.2 Å². The van der Waals surface area contributed by atoms with E-state index < -0.39 is 0 Å². The number of hydrogen-bond acceptors (Lipinski definition) is 5. The fourth-order valence-corrected chi connectivity index (χ4v) is 2.04. The summed E-state index contributed by atoms with van der Waals surface area (Å²) in [6.07, 6.45) is 0. The van der Waals surface area contributed by atoms with Gasteiger partial charge in [-0.25, -0.2) is 5.84 Å². The monoisotopic (exact) mass is 287 g/mol. The lowest BCUT2D eigenvalue weighted by Crippen LogP contribution is -2.30. The molecule has 3 N–H and O–H groups in total. The van der Waals surface area contributed by atoms with E-state index in [9.17, 15) is 4.79 Å². The smallest absolute Gasteiger partial charge is 0.267 e. The normalized spacial score (nSPS) is 10.1. The largest absolute Gasteiger partial charge is 0.497 e. The Kier molecular flexibility index (Phi) is 4.39. The number of rotatable bonds is 4. The molecule has 1 aromatic carbocycles. The van der Waals surface area contributed by atoms with Crippen LogP contribution in [0.4, 0.5) is 0 Å². The van der Waals surface area contributed by atoms with Crippen molar-refractivity contribution in [1.29, 1.82) is 0 Å². The highest BCUT2D eigenvalue weighted by Gasteiger charge is 2.13. The minimum absolute atomic E-state index is 0.367. The maximum absolute atomic E-state index is 11.6. The van der Waals surface area contributed by atoms with Crippen molar-refractivity contribution < 1.29 is 14.3 Å². The summed E-state index contributed by atoms with van der Waals surface area (Å²) < 4.78 is 10.5. The van der Waals surface area contributed by atoms with Gasteiger partial charge in [0, 0.05) is 11.6 Å². The van der Waals surface area contributed by atoms with Gasteiger partial charge in [-0.1, -0.05) is 0 Å². The number of hydrogen-bond donors (Lipinski definition) is 2. The highest BCUT2D eigenvalue weighted by molar-refractivity contribution is 5.95. The van der Waals surface area contributed by atoms with Crippen molar-refractivity contribution >= 4 is 5.91 Å². The van der Waals surface area contributed by atoms with Gasteiger partial charge in [-0.05, 0) is 31.2 Å². The molecule has 0 aliphatic heterocycles. The molecule has 1 heterocycles. The Bertz CT molecular complexity index is 671. The molecule has 0 saturated heterocycles. The number of nitrogens with two attached hydrogens (primary N) is 1. The summed E-state index contributed by atoms with van der Waals surface area (Å²) in [5.41, 5.74) is 4.66. The van der Waals surface area contributed by atoms with Crippen LogP contribution in [0.25, 0.3) is 11.3 Å². The summed E-state index contributed by atoms with van der Waals surface area (Å²) in [6, 6.07) is 8.91. The molecule has 1 amide bonds. The van der Waals surface area contributed by atoms with Crippen LogP contribution < -0.4 is 20.7 Å². The summed E-state index contributed by atoms with van der Waals surface area (Å²) in [5.74, 6) is 6.12. The average molecular weight is 287 g/mol. The number of nitrogen functional groups attached to an aromatic ring is 1. The summed E-state index contributed by atoms with van der Waals surface area (Å²) in [4.78, 5) is 16.0. The SMILES string of the molecule is COc1ccc(-c2ccc(C(=O)NN)c(C)n2)c(OC)c1. The zero-order valence-electron chi connectivity index (χ0n) is 12.1. The first-order valence-corrected chi connectivity index (χ1v) is 6.31. The molecule has 2 rings (SSSR count). The second kappa shape index (κ2) is 6.23. The third-order valence-electron chi connectivity index (χ3n) is 3.15. The second-order valence-corrected chi connectivity index (χ2v) is 4.37. The predicted octanol–water partition coefficient (Wildman–Crippen LogP) is 1.68. The minimum atomic E-state index is -0.367. The van der Waals surface area contributed by atoms with Crippen molar-refractivity contribution in [1.82, 2.24) is 10.4 Å². The van der Waals surface area contributed by atoms with Gasteiger partial charge in [0.05, 0.1) is 31.2 Å². The highest BCUT2D eigenvalue weighted by atomic mass is 16.5. The average Bonchev–Trinajstić information content (AvgIpc) is 2.53. The van der Waals surface area contributed by atoms with Gasteiger partial charge >= 0.3 is 0 Å². The molecule has 0 saturated carbocycles. The van der Waals surface area contributed by atoms with Crippen LogP contribution in [-0.4, -0.2) is 25.1 Å². The summed E-state index contributed by atoms with van der Waals surface area (Å²) >= 11 is 0. The number of aryl methyl sites for hydroxylation is 1. The van der Waals surface area contributed by atoms with Crippen LogP contribution in [0.15, 0.2) is 30.3 Å². The Morgan fingerprint density at radius 1 is 1.19 bits per heavy atom. The standard InChI is InChI=1S/C15H17N3O3/c1-9-11(15(19)18-16)6-7-13(17-9)12-5-4-10(20-2)8-14(12)21-3/h4-8H,16H2,1-3H3,(H,18,19). The van der Waals surface area contributed by atoms with Crippen LogP contribution in [0.3, 0.4) is 0 Å². The van der Waals surface area contributed by atoms with E-state index in [2.05, 4.69) is 10.4 Å². The van der Waals surface area contributed by atoms with Gasteiger partial charge in [0.2, 0.25) is 0 Å². The number of nitrogens with zero attached hydrogens (tertiary/aromatic N) is 1. The van der Waals surface area contributed by atoms with Crippen LogP contribution in [0.2, 0.25) is 0 Å². The van der Waals surface area contributed by atoms with Crippen molar-refractivity contribution in [2.45, 2.75) is 6.92 Å². The number of methoxy groups -OCH3 is 2. The molecule has 6 heteroatoms. The number of amides is 1. The molecular weight excluding hydrogens is 270 g/mol. The number of pyridine rings is 1. The number of ether oxygens (including phenoxy) is 2. The first-order valence-electron chi connectivity index (χ1n) is 6.31. The fourth-order valence-electron chi connectivity index (χ4n) is 2.04. The van der Waals surface area contributed by atoms with E-state index >= 15 is 0 Å². The maximum atomic E-state index is 11.6. The number of benzene rings is 1. The van der Waals surface area contributed by atoms with Crippen molar-refractivity contribution in [3.05, 3.63) is 41.6 Å².